The molecule has 1 aromatic heterocycles. The second-order valence-corrected chi connectivity index (χ2v) is 4.85. The number of alkyl halides is 1. The largest absolute Gasteiger partial charge is 0.340 e. The van der Waals surface area contributed by atoms with E-state index in [1.807, 2.05) is 36.4 Å². The Morgan fingerprint density at radius 1 is 1.11 bits per heavy atom. The summed E-state index contributed by atoms with van der Waals surface area (Å²) in [5.41, 5.74) is 4.25. The van der Waals surface area contributed by atoms with Crippen molar-refractivity contribution >= 4 is 22.6 Å². The molecule has 0 bridgehead atoms. The number of nitrogens with zero attached hydrogens (tertiary/aromatic N) is 1. The quantitative estimate of drug-likeness (QED) is 0.684. The van der Waals surface area contributed by atoms with Crippen LogP contribution in [-0.4, -0.2) is 9.97 Å². The minimum atomic E-state index is -0.237. The van der Waals surface area contributed by atoms with Crippen LogP contribution in [0.3, 0.4) is 0 Å². The predicted octanol–water partition coefficient (Wildman–Crippen LogP) is 4.20. The number of nitrogens with one attached hydrogen (secondary N) is 1. The third-order valence-electron chi connectivity index (χ3n) is 2.99. The summed E-state index contributed by atoms with van der Waals surface area (Å²) in [5, 5.41) is -0.237. The van der Waals surface area contributed by atoms with Gasteiger partial charge in [0.2, 0.25) is 0 Å². The van der Waals surface area contributed by atoms with Crippen molar-refractivity contribution in [2.75, 3.05) is 0 Å². The van der Waals surface area contributed by atoms with E-state index in [9.17, 15) is 0 Å². The third kappa shape index (κ3) is 2.00. The number of H-pyrrole nitrogens is 1. The molecular formula is C15H13ClN2. The molecule has 3 aromatic rings. The highest BCUT2D eigenvalue weighted by molar-refractivity contribution is 6.22. The van der Waals surface area contributed by atoms with Crippen molar-refractivity contribution in [3.63, 3.8) is 0 Å². The number of aromatic amines is 1. The number of fused-ring (bicyclic) bond motifs is 1. The molecular weight excluding hydrogens is 244 g/mol. The van der Waals surface area contributed by atoms with Crippen molar-refractivity contribution in [1.29, 1.82) is 0 Å². The van der Waals surface area contributed by atoms with Crippen LogP contribution in [0.15, 0.2) is 48.5 Å². The molecule has 0 aliphatic heterocycles. The number of imidazole rings is 1. The molecule has 0 saturated carbocycles. The number of hydrogen-bond acceptors (Lipinski definition) is 1. The molecule has 3 rings (SSSR count). The zero-order chi connectivity index (χ0) is 12.5. The monoisotopic (exact) mass is 256 g/mol. The maximum Gasteiger partial charge on any atom is 0.129 e. The molecule has 3 heteroatoms. The molecule has 1 N–H and O–H groups in total. The molecule has 1 heterocycles. The molecule has 2 nitrogen and oxygen atoms in total. The van der Waals surface area contributed by atoms with Crippen molar-refractivity contribution in [3.8, 4) is 0 Å². The Labute approximate surface area is 111 Å². The summed E-state index contributed by atoms with van der Waals surface area (Å²) >= 11 is 6.45. The Kier molecular flexibility index (Phi) is 2.80. The average molecular weight is 257 g/mol. The summed E-state index contributed by atoms with van der Waals surface area (Å²) in [5.74, 6) is 0.795. The van der Waals surface area contributed by atoms with E-state index >= 15 is 0 Å². The van der Waals surface area contributed by atoms with E-state index in [1.165, 1.54) is 5.56 Å². The minimum Gasteiger partial charge on any atom is -0.340 e. The summed E-state index contributed by atoms with van der Waals surface area (Å²) in [4.78, 5) is 7.83. The van der Waals surface area contributed by atoms with Gasteiger partial charge in [-0.05, 0) is 30.2 Å². The van der Waals surface area contributed by atoms with Gasteiger partial charge in [-0.3, -0.25) is 0 Å². The molecule has 0 aliphatic rings. The lowest BCUT2D eigenvalue weighted by atomic mass is 10.1. The summed E-state index contributed by atoms with van der Waals surface area (Å²) in [6, 6.07) is 16.1. The normalized spacial score (nSPS) is 12.8. The first-order valence-corrected chi connectivity index (χ1v) is 6.33. The van der Waals surface area contributed by atoms with Crippen molar-refractivity contribution in [3.05, 3.63) is 65.5 Å². The Morgan fingerprint density at radius 3 is 2.67 bits per heavy atom. The average Bonchev–Trinajstić information content (AvgIpc) is 2.81. The maximum absolute atomic E-state index is 6.45. The number of halogens is 1. The molecule has 18 heavy (non-hydrogen) atoms. The Hall–Kier alpha value is -1.80. The number of aryl methyl sites for hydroxylation is 1. The fourth-order valence-corrected chi connectivity index (χ4v) is 2.29. The first-order valence-electron chi connectivity index (χ1n) is 5.89. The highest BCUT2D eigenvalue weighted by Gasteiger charge is 2.14. The van der Waals surface area contributed by atoms with Crippen LogP contribution in [0.1, 0.15) is 22.3 Å². The summed E-state index contributed by atoms with van der Waals surface area (Å²) in [6.45, 7) is 2.06. The molecule has 90 valence electrons. The second-order valence-electron chi connectivity index (χ2n) is 4.42. The maximum atomic E-state index is 6.45. The number of aromatic nitrogens is 2. The van der Waals surface area contributed by atoms with Crippen LogP contribution in [0.5, 0.6) is 0 Å². The van der Waals surface area contributed by atoms with Gasteiger partial charge in [0, 0.05) is 0 Å². The summed E-state index contributed by atoms with van der Waals surface area (Å²) in [7, 11) is 0. The zero-order valence-corrected chi connectivity index (χ0v) is 10.8. The van der Waals surface area contributed by atoms with Gasteiger partial charge in [0.25, 0.3) is 0 Å². The lowest BCUT2D eigenvalue weighted by molar-refractivity contribution is 1.00. The Balaban J connectivity index is 2.04. The lowest BCUT2D eigenvalue weighted by Gasteiger charge is -2.05. The van der Waals surface area contributed by atoms with Gasteiger partial charge in [0.15, 0.2) is 0 Å². The minimum absolute atomic E-state index is 0.237. The molecule has 0 spiro atoms. The van der Waals surface area contributed by atoms with Gasteiger partial charge in [-0.1, -0.05) is 36.4 Å². The van der Waals surface area contributed by atoms with Crippen LogP contribution in [0.2, 0.25) is 0 Å². The van der Waals surface area contributed by atoms with E-state index in [-0.39, 0.29) is 5.38 Å². The van der Waals surface area contributed by atoms with Gasteiger partial charge < -0.3 is 4.98 Å². The molecule has 0 fully saturated rings. The predicted molar refractivity (Wildman–Crippen MR) is 75.0 cm³/mol. The molecule has 0 saturated heterocycles. The van der Waals surface area contributed by atoms with Gasteiger partial charge in [0.05, 0.1) is 11.0 Å². The van der Waals surface area contributed by atoms with E-state index in [1.54, 1.807) is 0 Å². The topological polar surface area (TPSA) is 28.7 Å². The van der Waals surface area contributed by atoms with Crippen LogP contribution < -0.4 is 0 Å². The van der Waals surface area contributed by atoms with Gasteiger partial charge in [0.1, 0.15) is 11.2 Å². The highest BCUT2D eigenvalue weighted by atomic mass is 35.5. The zero-order valence-electron chi connectivity index (χ0n) is 10.0. The molecule has 1 unspecified atom stereocenters. The number of benzene rings is 2. The SMILES string of the molecule is Cc1ccc2nc(C(Cl)c3ccccc3)[nH]c2c1. The smallest absolute Gasteiger partial charge is 0.129 e. The van der Waals surface area contributed by atoms with E-state index in [0.29, 0.717) is 0 Å². The van der Waals surface area contributed by atoms with Crippen molar-refractivity contribution in [1.82, 2.24) is 9.97 Å². The van der Waals surface area contributed by atoms with Gasteiger partial charge >= 0.3 is 0 Å². The fraction of sp³-hybridized carbons (Fsp3) is 0.133. The molecule has 0 radical (unpaired) electrons. The van der Waals surface area contributed by atoms with Crippen LogP contribution in [0.4, 0.5) is 0 Å². The van der Waals surface area contributed by atoms with Gasteiger partial charge in [-0.2, -0.15) is 0 Å². The number of rotatable bonds is 2. The summed E-state index contributed by atoms with van der Waals surface area (Å²) in [6.07, 6.45) is 0. The van der Waals surface area contributed by atoms with Crippen molar-refractivity contribution < 1.29 is 0 Å². The van der Waals surface area contributed by atoms with Crippen LogP contribution in [0.25, 0.3) is 11.0 Å². The van der Waals surface area contributed by atoms with Crippen molar-refractivity contribution in [2.24, 2.45) is 0 Å². The molecule has 0 amide bonds. The van der Waals surface area contributed by atoms with Crippen LogP contribution in [0, 0.1) is 6.92 Å². The van der Waals surface area contributed by atoms with Crippen LogP contribution in [-0.2, 0) is 0 Å². The van der Waals surface area contributed by atoms with E-state index in [0.717, 1.165) is 22.4 Å². The standard InChI is InChI=1S/C15H13ClN2/c1-10-7-8-12-13(9-10)18-15(17-12)14(16)11-5-3-2-4-6-11/h2-9,14H,1H3,(H,17,18). The van der Waals surface area contributed by atoms with Crippen molar-refractivity contribution in [2.45, 2.75) is 12.3 Å². The lowest BCUT2D eigenvalue weighted by Crippen LogP contribution is -1.94. The van der Waals surface area contributed by atoms with Gasteiger partial charge in [-0.15, -0.1) is 11.6 Å². The van der Waals surface area contributed by atoms with E-state index in [2.05, 4.69) is 29.0 Å². The van der Waals surface area contributed by atoms with E-state index < -0.39 is 0 Å². The second kappa shape index (κ2) is 4.46. The molecule has 2 aromatic carbocycles. The number of hydrogen-bond donors (Lipinski definition) is 1. The van der Waals surface area contributed by atoms with E-state index in [4.69, 9.17) is 11.6 Å². The third-order valence-corrected chi connectivity index (χ3v) is 3.45. The molecule has 1 atom stereocenters. The van der Waals surface area contributed by atoms with Gasteiger partial charge in [-0.25, -0.2) is 4.98 Å². The Morgan fingerprint density at radius 2 is 1.89 bits per heavy atom. The summed E-state index contributed by atoms with van der Waals surface area (Å²) < 4.78 is 0. The first-order chi connectivity index (χ1) is 8.74. The highest BCUT2D eigenvalue weighted by Crippen LogP contribution is 2.28. The Bertz CT molecular complexity index is 673. The van der Waals surface area contributed by atoms with Crippen LogP contribution >= 0.6 is 11.6 Å². The molecule has 0 aliphatic carbocycles. The fourth-order valence-electron chi connectivity index (χ4n) is 2.04. The first kappa shape index (κ1) is 11.3.